The highest BCUT2D eigenvalue weighted by Gasteiger charge is 2.26. The van der Waals surface area contributed by atoms with Crippen molar-refractivity contribution >= 4 is 39.2 Å². The first kappa shape index (κ1) is 22.9. The van der Waals surface area contributed by atoms with Crippen LogP contribution in [0.4, 0.5) is 5.69 Å². The molecule has 11 heteroatoms. The van der Waals surface area contributed by atoms with Gasteiger partial charge in [-0.15, -0.1) is 0 Å². The largest absolute Gasteiger partial charge is 0.486 e. The van der Waals surface area contributed by atoms with E-state index in [1.54, 1.807) is 18.2 Å². The van der Waals surface area contributed by atoms with Gasteiger partial charge in [0.05, 0.1) is 4.90 Å². The number of hydrogen-bond donors (Lipinski definition) is 1. The molecule has 2 aromatic rings. The molecule has 1 amide bonds. The van der Waals surface area contributed by atoms with Crippen LogP contribution in [-0.2, 0) is 24.3 Å². The number of esters is 1. The fraction of sp³-hybridized carbons (Fsp3) is 0.300. The predicted octanol–water partition coefficient (Wildman–Crippen LogP) is 2.30. The van der Waals surface area contributed by atoms with E-state index in [9.17, 15) is 18.0 Å². The molecule has 9 nitrogen and oxygen atoms in total. The minimum atomic E-state index is -3.92. The van der Waals surface area contributed by atoms with E-state index < -0.39 is 34.5 Å². The molecular weight excluding hydrogens is 448 g/mol. The summed E-state index contributed by atoms with van der Waals surface area (Å²) < 4.78 is 41.9. The van der Waals surface area contributed by atoms with Crippen LogP contribution >= 0.6 is 11.6 Å². The lowest BCUT2D eigenvalue weighted by Crippen LogP contribution is -2.37. The minimum absolute atomic E-state index is 0.0170. The molecule has 1 atom stereocenters. The lowest BCUT2D eigenvalue weighted by Gasteiger charge is -2.20. The van der Waals surface area contributed by atoms with E-state index in [1.807, 2.05) is 0 Å². The van der Waals surface area contributed by atoms with Crippen molar-refractivity contribution < 1.29 is 32.2 Å². The van der Waals surface area contributed by atoms with Crippen LogP contribution in [0.1, 0.15) is 6.92 Å². The summed E-state index contributed by atoms with van der Waals surface area (Å²) in [5.41, 5.74) is 0.444. The predicted molar refractivity (Wildman–Crippen MR) is 113 cm³/mol. The fourth-order valence-electron chi connectivity index (χ4n) is 2.71. The Morgan fingerprint density at radius 3 is 2.45 bits per heavy atom. The summed E-state index contributed by atoms with van der Waals surface area (Å²) in [7, 11) is -2.68. The number of sulfonamides is 1. The zero-order valence-electron chi connectivity index (χ0n) is 16.8. The number of amides is 1. The molecule has 1 aliphatic heterocycles. The number of hydrogen-bond acceptors (Lipinski definition) is 7. The van der Waals surface area contributed by atoms with Crippen molar-refractivity contribution in [2.24, 2.45) is 0 Å². The quantitative estimate of drug-likeness (QED) is 0.620. The van der Waals surface area contributed by atoms with Gasteiger partial charge in [-0.3, -0.25) is 9.59 Å². The third-order valence-electron chi connectivity index (χ3n) is 4.36. The van der Waals surface area contributed by atoms with Crippen LogP contribution in [0.15, 0.2) is 47.4 Å². The maximum Gasteiger partial charge on any atom is 0.322 e. The van der Waals surface area contributed by atoms with Gasteiger partial charge in [0.15, 0.2) is 17.6 Å². The molecule has 0 bridgehead atoms. The van der Waals surface area contributed by atoms with Crippen molar-refractivity contribution in [2.45, 2.75) is 17.9 Å². The zero-order valence-corrected chi connectivity index (χ0v) is 18.4. The first-order chi connectivity index (χ1) is 14.7. The number of fused-ring (bicyclic) bond motifs is 1. The van der Waals surface area contributed by atoms with Gasteiger partial charge in [-0.05, 0) is 43.3 Å². The Balaban J connectivity index is 1.55. The van der Waals surface area contributed by atoms with Crippen LogP contribution in [0.5, 0.6) is 11.5 Å². The summed E-state index contributed by atoms with van der Waals surface area (Å²) in [5, 5.41) is 3.00. The van der Waals surface area contributed by atoms with E-state index in [0.717, 1.165) is 4.31 Å². The molecule has 0 fully saturated rings. The van der Waals surface area contributed by atoms with Crippen LogP contribution in [0, 0.1) is 0 Å². The topological polar surface area (TPSA) is 111 Å². The summed E-state index contributed by atoms with van der Waals surface area (Å²) in [6.45, 7) is 1.68. The number of rotatable bonds is 7. The van der Waals surface area contributed by atoms with Gasteiger partial charge in [-0.25, -0.2) is 8.42 Å². The Labute approximate surface area is 184 Å². The highest BCUT2D eigenvalue weighted by molar-refractivity contribution is 7.89. The molecule has 0 radical (unpaired) electrons. The molecule has 0 spiro atoms. The van der Waals surface area contributed by atoms with Gasteiger partial charge in [0.2, 0.25) is 10.0 Å². The minimum Gasteiger partial charge on any atom is -0.486 e. The Kier molecular flexibility index (Phi) is 7.04. The van der Waals surface area contributed by atoms with Crippen molar-refractivity contribution in [1.82, 2.24) is 4.31 Å². The third kappa shape index (κ3) is 5.66. The van der Waals surface area contributed by atoms with Crippen LogP contribution in [0.2, 0.25) is 5.02 Å². The number of carbonyl (C=O) groups excluding carboxylic acids is 2. The van der Waals surface area contributed by atoms with Gasteiger partial charge < -0.3 is 19.5 Å². The van der Waals surface area contributed by atoms with Crippen LogP contribution in [-0.4, -0.2) is 57.5 Å². The smallest absolute Gasteiger partial charge is 0.322 e. The van der Waals surface area contributed by atoms with Crippen molar-refractivity contribution in [2.75, 3.05) is 32.1 Å². The highest BCUT2D eigenvalue weighted by Crippen LogP contribution is 2.32. The number of nitrogens with zero attached hydrogens (tertiary/aromatic N) is 1. The van der Waals surface area contributed by atoms with E-state index in [2.05, 4.69) is 5.32 Å². The Morgan fingerprint density at radius 2 is 1.77 bits per heavy atom. The number of halogens is 1. The van der Waals surface area contributed by atoms with E-state index in [4.69, 9.17) is 25.8 Å². The van der Waals surface area contributed by atoms with Gasteiger partial charge >= 0.3 is 5.97 Å². The first-order valence-electron chi connectivity index (χ1n) is 9.29. The van der Waals surface area contributed by atoms with Crippen LogP contribution < -0.4 is 14.8 Å². The number of likely N-dealkylation sites (N-methyl/N-ethyl adjacent to an activating group) is 1. The summed E-state index contributed by atoms with van der Waals surface area (Å²) in [4.78, 5) is 24.5. The molecule has 3 rings (SSSR count). The second-order valence-corrected chi connectivity index (χ2v) is 9.18. The molecule has 1 aliphatic rings. The molecule has 1 heterocycles. The molecule has 31 heavy (non-hydrogen) atoms. The average molecular weight is 469 g/mol. The lowest BCUT2D eigenvalue weighted by molar-refractivity contribution is -0.153. The van der Waals surface area contributed by atoms with Crippen LogP contribution in [0.25, 0.3) is 0 Å². The zero-order chi connectivity index (χ0) is 22.6. The summed E-state index contributed by atoms with van der Waals surface area (Å²) in [6.07, 6.45) is -1.15. The standard InChI is InChI=1S/C20H21ClN2O7S/c1-13(20(25)22-15-5-8-17-18(11-15)29-10-9-28-17)30-19(24)12-23(2)31(26,27)16-6-3-14(21)4-7-16/h3-8,11,13H,9-10,12H2,1-2H3,(H,22,25)/t13-/m1/s1. The monoisotopic (exact) mass is 468 g/mol. The van der Waals surface area contributed by atoms with Gasteiger partial charge in [-0.2, -0.15) is 4.31 Å². The molecule has 166 valence electrons. The second kappa shape index (κ2) is 9.54. The van der Waals surface area contributed by atoms with Gasteiger partial charge in [0.1, 0.15) is 19.8 Å². The maximum absolute atomic E-state index is 12.5. The number of benzene rings is 2. The molecule has 0 saturated heterocycles. The Hall–Kier alpha value is -2.82. The molecule has 0 unspecified atom stereocenters. The average Bonchev–Trinajstić information content (AvgIpc) is 2.73. The molecular formula is C20H21ClN2O7S. The molecule has 0 saturated carbocycles. The highest BCUT2D eigenvalue weighted by atomic mass is 35.5. The Morgan fingerprint density at radius 1 is 1.13 bits per heavy atom. The van der Waals surface area contributed by atoms with Crippen molar-refractivity contribution in [3.05, 3.63) is 47.5 Å². The van der Waals surface area contributed by atoms with Crippen molar-refractivity contribution in [3.63, 3.8) is 0 Å². The van der Waals surface area contributed by atoms with Crippen molar-refractivity contribution in [1.29, 1.82) is 0 Å². The third-order valence-corrected chi connectivity index (χ3v) is 6.43. The molecule has 0 aromatic heterocycles. The van der Waals surface area contributed by atoms with E-state index in [1.165, 1.54) is 38.2 Å². The SMILES string of the molecule is C[C@@H](OC(=O)CN(C)S(=O)(=O)c1ccc(Cl)cc1)C(=O)Nc1ccc2c(c1)OCCO2. The molecule has 0 aliphatic carbocycles. The van der Waals surface area contributed by atoms with Gasteiger partial charge in [0.25, 0.3) is 5.91 Å². The number of nitrogens with one attached hydrogen (secondary N) is 1. The normalized spacial score (nSPS) is 14.1. The molecule has 1 N–H and O–H groups in total. The van der Waals surface area contributed by atoms with E-state index in [0.29, 0.717) is 35.4 Å². The lowest BCUT2D eigenvalue weighted by atomic mass is 10.2. The first-order valence-corrected chi connectivity index (χ1v) is 11.1. The van der Waals surface area contributed by atoms with Crippen LogP contribution in [0.3, 0.4) is 0 Å². The Bertz CT molecular complexity index is 1070. The van der Waals surface area contributed by atoms with Gasteiger partial charge in [-0.1, -0.05) is 11.6 Å². The number of anilines is 1. The van der Waals surface area contributed by atoms with E-state index >= 15 is 0 Å². The molecule has 2 aromatic carbocycles. The van der Waals surface area contributed by atoms with Gasteiger partial charge in [0, 0.05) is 23.8 Å². The summed E-state index contributed by atoms with van der Waals surface area (Å²) in [5.74, 6) is -0.366. The van der Waals surface area contributed by atoms with E-state index in [-0.39, 0.29) is 4.90 Å². The number of carbonyl (C=O) groups is 2. The number of ether oxygens (including phenoxy) is 3. The fourth-order valence-corrected chi connectivity index (χ4v) is 3.95. The summed E-state index contributed by atoms with van der Waals surface area (Å²) in [6, 6.07) is 10.4. The second-order valence-electron chi connectivity index (χ2n) is 6.69. The van der Waals surface area contributed by atoms with Crippen molar-refractivity contribution in [3.8, 4) is 11.5 Å². The summed E-state index contributed by atoms with van der Waals surface area (Å²) >= 11 is 5.77. The maximum atomic E-state index is 12.5.